The van der Waals surface area contributed by atoms with Crippen molar-refractivity contribution in [2.75, 3.05) is 33.4 Å². The van der Waals surface area contributed by atoms with E-state index in [1.54, 1.807) is 7.05 Å². The molecule has 0 fully saturated rings. The van der Waals surface area contributed by atoms with E-state index in [9.17, 15) is 19.0 Å². The van der Waals surface area contributed by atoms with Crippen molar-refractivity contribution in [3.8, 4) is 0 Å². The van der Waals surface area contributed by atoms with Crippen LogP contribution in [-0.4, -0.2) is 56.3 Å². The summed E-state index contributed by atoms with van der Waals surface area (Å²) in [5.74, 6) is -0.799. The topological polar surface area (TPSA) is 120 Å². The molecule has 0 aliphatic heterocycles. The van der Waals surface area contributed by atoms with Crippen LogP contribution in [0, 0.1) is 0 Å². The predicted octanol–water partition coefficient (Wildman–Crippen LogP) is 12.5. The molecule has 0 aliphatic rings. The lowest BCUT2D eigenvalue weighted by Crippen LogP contribution is -2.29. The van der Waals surface area contributed by atoms with Crippen molar-refractivity contribution in [2.45, 2.75) is 219 Å². The first-order valence-electron chi connectivity index (χ1n) is 22.1. The Balaban J connectivity index is 4.16. The number of hydrogen-bond donors (Lipinski definition) is 2. The fourth-order valence-corrected chi connectivity index (χ4v) is 7.01. The largest absolute Gasteiger partial charge is 0.472 e. The molecule has 314 valence electrons. The standard InChI is InChI=1S/C43H84NO8P/c1-4-6-8-10-12-14-16-18-19-20-21-22-23-24-26-28-30-32-34-36-43(46)52-41(40-51-53(47,48)50-38-37-44-3)39-49-42(45)35-33-31-29-27-25-17-15-13-11-9-7-5-2/h18-19,41,44H,4-17,20-40H2,1-3H3,(H,47,48)/b19-18-. The molecular weight excluding hydrogens is 689 g/mol. The molecule has 0 aliphatic carbocycles. The average Bonchev–Trinajstić information content (AvgIpc) is 3.14. The van der Waals surface area contributed by atoms with Gasteiger partial charge >= 0.3 is 19.8 Å². The maximum absolute atomic E-state index is 12.6. The monoisotopic (exact) mass is 774 g/mol. The summed E-state index contributed by atoms with van der Waals surface area (Å²) in [5.41, 5.74) is 0. The van der Waals surface area contributed by atoms with E-state index in [2.05, 4.69) is 31.3 Å². The number of phosphoric acid groups is 1. The molecule has 0 aromatic rings. The van der Waals surface area contributed by atoms with Crippen molar-refractivity contribution < 1.29 is 37.6 Å². The summed E-state index contributed by atoms with van der Waals surface area (Å²) < 4.78 is 33.2. The lowest BCUT2D eigenvalue weighted by molar-refractivity contribution is -0.161. The zero-order chi connectivity index (χ0) is 38.9. The van der Waals surface area contributed by atoms with Crippen molar-refractivity contribution in [3.05, 3.63) is 12.2 Å². The highest BCUT2D eigenvalue weighted by Gasteiger charge is 2.26. The molecule has 2 atom stereocenters. The molecule has 0 radical (unpaired) electrons. The van der Waals surface area contributed by atoms with E-state index in [4.69, 9.17) is 18.5 Å². The highest BCUT2D eigenvalue weighted by molar-refractivity contribution is 7.47. The zero-order valence-electron chi connectivity index (χ0n) is 34.7. The summed E-state index contributed by atoms with van der Waals surface area (Å²) >= 11 is 0. The second-order valence-electron chi connectivity index (χ2n) is 14.9. The van der Waals surface area contributed by atoms with Crippen LogP contribution < -0.4 is 5.32 Å². The quantitative estimate of drug-likeness (QED) is 0.0270. The smallest absolute Gasteiger partial charge is 0.462 e. The molecule has 53 heavy (non-hydrogen) atoms. The van der Waals surface area contributed by atoms with E-state index in [0.717, 1.165) is 38.5 Å². The van der Waals surface area contributed by atoms with E-state index < -0.39 is 26.5 Å². The summed E-state index contributed by atoms with van der Waals surface area (Å²) in [6.45, 7) is 4.24. The maximum atomic E-state index is 12.6. The van der Waals surface area contributed by atoms with E-state index in [1.165, 1.54) is 141 Å². The number of rotatable bonds is 42. The van der Waals surface area contributed by atoms with Gasteiger partial charge in [0.05, 0.1) is 13.2 Å². The van der Waals surface area contributed by atoms with Gasteiger partial charge in [0.25, 0.3) is 0 Å². The molecule has 0 spiro atoms. The Morgan fingerprint density at radius 2 is 0.962 bits per heavy atom. The normalized spacial score (nSPS) is 13.4. The Bertz CT molecular complexity index is 886. The first kappa shape index (κ1) is 51.8. The van der Waals surface area contributed by atoms with Crippen LogP contribution in [0.3, 0.4) is 0 Å². The lowest BCUT2D eigenvalue weighted by Gasteiger charge is -2.20. The predicted molar refractivity (Wildman–Crippen MR) is 220 cm³/mol. The molecule has 0 rings (SSSR count). The van der Waals surface area contributed by atoms with Crippen molar-refractivity contribution in [3.63, 3.8) is 0 Å². The molecule has 0 heterocycles. The Morgan fingerprint density at radius 1 is 0.566 bits per heavy atom. The highest BCUT2D eigenvalue weighted by Crippen LogP contribution is 2.43. The van der Waals surface area contributed by atoms with Crippen LogP contribution >= 0.6 is 7.82 Å². The summed E-state index contributed by atoms with van der Waals surface area (Å²) in [4.78, 5) is 35.0. The average molecular weight is 774 g/mol. The van der Waals surface area contributed by atoms with Crippen LogP contribution in [0.15, 0.2) is 12.2 Å². The van der Waals surface area contributed by atoms with Crippen molar-refractivity contribution >= 4 is 19.8 Å². The molecule has 0 aromatic carbocycles. The van der Waals surface area contributed by atoms with Crippen LogP contribution in [0.1, 0.15) is 213 Å². The molecule has 10 heteroatoms. The molecule has 0 saturated carbocycles. The molecule has 0 saturated heterocycles. The molecule has 0 amide bonds. The fourth-order valence-electron chi connectivity index (χ4n) is 6.25. The lowest BCUT2D eigenvalue weighted by atomic mass is 10.0. The van der Waals surface area contributed by atoms with Gasteiger partial charge in [-0.25, -0.2) is 4.57 Å². The van der Waals surface area contributed by atoms with E-state index >= 15 is 0 Å². The molecule has 0 aromatic heterocycles. The third kappa shape index (κ3) is 40.2. The summed E-state index contributed by atoms with van der Waals surface area (Å²) in [7, 11) is -2.64. The van der Waals surface area contributed by atoms with Gasteiger partial charge in [0.2, 0.25) is 0 Å². The van der Waals surface area contributed by atoms with Crippen LogP contribution in [0.5, 0.6) is 0 Å². The van der Waals surface area contributed by atoms with E-state index in [-0.39, 0.29) is 25.6 Å². The number of unbranched alkanes of at least 4 members (excludes halogenated alkanes) is 26. The van der Waals surface area contributed by atoms with Gasteiger partial charge in [0, 0.05) is 19.4 Å². The third-order valence-corrected chi connectivity index (χ3v) is 10.6. The van der Waals surface area contributed by atoms with Crippen molar-refractivity contribution in [1.29, 1.82) is 0 Å². The number of carbonyl (C=O) groups excluding carboxylic acids is 2. The zero-order valence-corrected chi connectivity index (χ0v) is 35.6. The number of likely N-dealkylation sites (N-methyl/N-ethyl adjacent to an activating group) is 1. The molecule has 2 unspecified atom stereocenters. The van der Waals surface area contributed by atoms with E-state index in [0.29, 0.717) is 19.4 Å². The number of carbonyl (C=O) groups is 2. The number of ether oxygens (including phenoxy) is 2. The van der Waals surface area contributed by atoms with Crippen LogP contribution in [0.25, 0.3) is 0 Å². The van der Waals surface area contributed by atoms with Crippen LogP contribution in [-0.2, 0) is 32.7 Å². The second kappa shape index (κ2) is 40.4. The number of nitrogens with one attached hydrogen (secondary N) is 1. The minimum absolute atomic E-state index is 0.0141. The first-order chi connectivity index (χ1) is 25.8. The maximum Gasteiger partial charge on any atom is 0.472 e. The molecule has 9 nitrogen and oxygen atoms in total. The van der Waals surface area contributed by atoms with Crippen molar-refractivity contribution in [1.82, 2.24) is 5.32 Å². The molecule has 2 N–H and O–H groups in total. The number of esters is 2. The van der Waals surface area contributed by atoms with Gasteiger partial charge in [-0.2, -0.15) is 0 Å². The second-order valence-corrected chi connectivity index (χ2v) is 16.3. The van der Waals surface area contributed by atoms with Gasteiger partial charge in [0.1, 0.15) is 6.61 Å². The first-order valence-corrected chi connectivity index (χ1v) is 23.6. The van der Waals surface area contributed by atoms with Gasteiger partial charge in [-0.15, -0.1) is 0 Å². The van der Waals surface area contributed by atoms with Crippen LogP contribution in [0.4, 0.5) is 0 Å². The van der Waals surface area contributed by atoms with Gasteiger partial charge < -0.3 is 19.7 Å². The molecular formula is C43H84NO8P. The number of allylic oxidation sites excluding steroid dienone is 2. The SMILES string of the molecule is CCCCCCCC/C=C\CCCCCCCCCCCC(=O)OC(COC(=O)CCCCCCCCCCCCCC)COP(=O)(O)OCCNC. The Morgan fingerprint density at radius 3 is 1.40 bits per heavy atom. The Labute approximate surface area is 326 Å². The van der Waals surface area contributed by atoms with Gasteiger partial charge in [-0.1, -0.05) is 174 Å². The number of hydrogen-bond acceptors (Lipinski definition) is 8. The summed E-state index contributed by atoms with van der Waals surface area (Å²) in [6, 6.07) is 0. The Kier molecular flexibility index (Phi) is 39.5. The summed E-state index contributed by atoms with van der Waals surface area (Å²) in [6.07, 6.45) is 39.7. The van der Waals surface area contributed by atoms with Crippen LogP contribution in [0.2, 0.25) is 0 Å². The highest BCUT2D eigenvalue weighted by atomic mass is 31.2. The minimum atomic E-state index is -4.34. The Hall–Kier alpha value is -1.25. The third-order valence-electron chi connectivity index (χ3n) is 9.64. The fraction of sp³-hybridized carbons (Fsp3) is 0.907. The number of phosphoric ester groups is 1. The molecule has 0 bridgehead atoms. The van der Waals surface area contributed by atoms with Gasteiger partial charge in [0.15, 0.2) is 6.10 Å². The van der Waals surface area contributed by atoms with E-state index in [1.807, 2.05) is 0 Å². The van der Waals surface area contributed by atoms with Gasteiger partial charge in [-0.05, 0) is 45.6 Å². The van der Waals surface area contributed by atoms with Gasteiger partial charge in [-0.3, -0.25) is 18.6 Å². The summed E-state index contributed by atoms with van der Waals surface area (Å²) in [5, 5.41) is 2.82. The van der Waals surface area contributed by atoms with Crippen molar-refractivity contribution in [2.24, 2.45) is 0 Å². The minimum Gasteiger partial charge on any atom is -0.462 e.